The first kappa shape index (κ1) is 20.0. The maximum absolute atomic E-state index is 11.2. The van der Waals surface area contributed by atoms with E-state index >= 15 is 0 Å². The summed E-state index contributed by atoms with van der Waals surface area (Å²) in [4.78, 5) is 11.2. The van der Waals surface area contributed by atoms with Gasteiger partial charge >= 0.3 is 0 Å². The summed E-state index contributed by atoms with van der Waals surface area (Å²) >= 11 is 0. The highest BCUT2D eigenvalue weighted by molar-refractivity contribution is 5.91. The molecular formula is C23H31NO2. The summed E-state index contributed by atoms with van der Waals surface area (Å²) in [6, 6.07) is 10.6. The van der Waals surface area contributed by atoms with Crippen LogP contribution >= 0.6 is 0 Å². The fraction of sp³-hybridized carbons (Fsp3) is 0.435. The second-order valence-corrected chi connectivity index (χ2v) is 6.69. The number of nitrogens with one attached hydrogen (secondary N) is 1. The first-order valence-electron chi connectivity index (χ1n) is 9.69. The molecule has 0 atom stereocenters. The monoisotopic (exact) mass is 353 g/mol. The van der Waals surface area contributed by atoms with E-state index in [2.05, 4.69) is 49.2 Å². The average Bonchev–Trinajstić information content (AvgIpc) is 2.63. The minimum Gasteiger partial charge on any atom is -0.493 e. The van der Waals surface area contributed by atoms with Crippen LogP contribution in [0.2, 0.25) is 0 Å². The smallest absolute Gasteiger partial charge is 0.216 e. The number of fused-ring (bicyclic) bond motifs is 1. The second-order valence-electron chi connectivity index (χ2n) is 6.69. The highest BCUT2D eigenvalue weighted by Gasteiger charge is 2.12. The number of allylic oxidation sites excluding steroid dienone is 1. The predicted octanol–water partition coefficient (Wildman–Crippen LogP) is 5.21. The maximum atomic E-state index is 11.2. The number of hydrogen-bond acceptors (Lipinski definition) is 2. The van der Waals surface area contributed by atoms with Gasteiger partial charge in [0.05, 0.1) is 6.61 Å². The highest BCUT2D eigenvalue weighted by atomic mass is 16.5. The van der Waals surface area contributed by atoms with E-state index in [0.717, 1.165) is 31.6 Å². The van der Waals surface area contributed by atoms with Crippen molar-refractivity contribution in [1.29, 1.82) is 0 Å². The molecule has 0 saturated carbocycles. The van der Waals surface area contributed by atoms with Crippen molar-refractivity contribution in [3.8, 4) is 5.75 Å². The average molecular weight is 354 g/mol. The Kier molecular flexibility index (Phi) is 8.20. The Morgan fingerprint density at radius 3 is 2.77 bits per heavy atom. The quantitative estimate of drug-likeness (QED) is 0.445. The highest BCUT2D eigenvalue weighted by Crippen LogP contribution is 2.32. The number of unbranched alkanes of at least 4 members (excludes halogenated alkanes) is 3. The lowest BCUT2D eigenvalue weighted by Gasteiger charge is -2.16. The molecule has 3 nitrogen and oxygen atoms in total. The Bertz CT molecular complexity index is 736. The summed E-state index contributed by atoms with van der Waals surface area (Å²) in [5.74, 6) is 0.966. The molecule has 0 saturated heterocycles. The van der Waals surface area contributed by atoms with Crippen LogP contribution < -0.4 is 10.1 Å². The lowest BCUT2D eigenvalue weighted by Crippen LogP contribution is -2.22. The minimum atomic E-state index is 0.00709. The van der Waals surface area contributed by atoms with Crippen LogP contribution in [0.3, 0.4) is 0 Å². The van der Waals surface area contributed by atoms with E-state index in [9.17, 15) is 4.79 Å². The van der Waals surface area contributed by atoms with Gasteiger partial charge in [0, 0.05) is 19.0 Å². The zero-order chi connectivity index (χ0) is 18.8. The molecule has 0 unspecified atom stereocenters. The number of hydrogen-bond donors (Lipinski definition) is 1. The summed E-state index contributed by atoms with van der Waals surface area (Å²) in [5, 5.41) is 5.34. The van der Waals surface area contributed by atoms with Gasteiger partial charge in [-0.25, -0.2) is 0 Å². The van der Waals surface area contributed by atoms with E-state index < -0.39 is 0 Å². The molecule has 0 aliphatic heterocycles. The van der Waals surface area contributed by atoms with Crippen molar-refractivity contribution in [1.82, 2.24) is 5.32 Å². The van der Waals surface area contributed by atoms with Gasteiger partial charge in [-0.2, -0.15) is 0 Å². The van der Waals surface area contributed by atoms with Crippen molar-refractivity contribution in [2.75, 3.05) is 13.2 Å². The van der Waals surface area contributed by atoms with E-state index in [1.807, 2.05) is 6.08 Å². The molecule has 1 N–H and O–H groups in total. The number of rotatable bonds is 11. The van der Waals surface area contributed by atoms with Gasteiger partial charge in [0.25, 0.3) is 0 Å². The topological polar surface area (TPSA) is 38.3 Å². The molecule has 1 amide bonds. The van der Waals surface area contributed by atoms with Gasteiger partial charge in [0.15, 0.2) is 0 Å². The molecule has 0 fully saturated rings. The van der Waals surface area contributed by atoms with Gasteiger partial charge in [-0.05, 0) is 41.7 Å². The molecule has 0 heterocycles. The van der Waals surface area contributed by atoms with Gasteiger partial charge in [-0.15, -0.1) is 6.58 Å². The van der Waals surface area contributed by atoms with Gasteiger partial charge < -0.3 is 10.1 Å². The van der Waals surface area contributed by atoms with Crippen molar-refractivity contribution >= 4 is 16.7 Å². The normalized spacial score (nSPS) is 10.7. The third-order valence-electron chi connectivity index (χ3n) is 4.57. The van der Waals surface area contributed by atoms with Gasteiger partial charge in [-0.3, -0.25) is 4.79 Å². The van der Waals surface area contributed by atoms with E-state index in [1.54, 1.807) is 6.92 Å². The van der Waals surface area contributed by atoms with Gasteiger partial charge in [0.1, 0.15) is 5.75 Å². The largest absolute Gasteiger partial charge is 0.493 e. The van der Waals surface area contributed by atoms with E-state index in [1.165, 1.54) is 41.2 Å². The maximum Gasteiger partial charge on any atom is 0.216 e. The van der Waals surface area contributed by atoms with Crippen molar-refractivity contribution in [2.24, 2.45) is 0 Å². The minimum absolute atomic E-state index is 0.00709. The third kappa shape index (κ3) is 5.62. The van der Waals surface area contributed by atoms with E-state index in [0.29, 0.717) is 6.54 Å². The van der Waals surface area contributed by atoms with Crippen molar-refractivity contribution in [3.05, 3.63) is 54.1 Å². The summed E-state index contributed by atoms with van der Waals surface area (Å²) < 4.78 is 6.12. The summed E-state index contributed by atoms with van der Waals surface area (Å²) in [6.45, 7) is 9.09. The molecule has 26 heavy (non-hydrogen) atoms. The summed E-state index contributed by atoms with van der Waals surface area (Å²) in [5.41, 5.74) is 2.44. The first-order valence-corrected chi connectivity index (χ1v) is 9.69. The second kappa shape index (κ2) is 10.6. The van der Waals surface area contributed by atoms with Gasteiger partial charge in [-0.1, -0.05) is 56.5 Å². The van der Waals surface area contributed by atoms with Crippen molar-refractivity contribution in [2.45, 2.75) is 52.4 Å². The van der Waals surface area contributed by atoms with Crippen LogP contribution in [0.25, 0.3) is 10.8 Å². The zero-order valence-electron chi connectivity index (χ0n) is 16.1. The molecule has 0 radical (unpaired) electrons. The molecule has 2 aromatic rings. The standard InChI is InChI=1S/C23H31NO2/c1-4-6-7-8-17-26-22-14-13-19-11-9-12-20(15-16-24-18(3)25)23(19)21(22)10-5-2/h5,9,11-14H,2,4,6-8,10,15-17H2,1,3H3,(H,24,25). The zero-order valence-corrected chi connectivity index (χ0v) is 16.1. The molecular weight excluding hydrogens is 322 g/mol. The first-order chi connectivity index (χ1) is 12.7. The van der Waals surface area contributed by atoms with Crippen LogP contribution in [0.5, 0.6) is 5.75 Å². The molecule has 3 heteroatoms. The fourth-order valence-corrected chi connectivity index (χ4v) is 3.29. The lowest BCUT2D eigenvalue weighted by molar-refractivity contribution is -0.118. The van der Waals surface area contributed by atoms with E-state index in [-0.39, 0.29) is 5.91 Å². The Morgan fingerprint density at radius 1 is 1.19 bits per heavy atom. The SMILES string of the molecule is C=CCc1c(OCCCCCC)ccc2cccc(CCNC(C)=O)c12. The molecule has 0 aliphatic rings. The van der Waals surface area contributed by atoms with Crippen molar-refractivity contribution in [3.63, 3.8) is 0 Å². The Hall–Kier alpha value is -2.29. The molecule has 0 aliphatic carbocycles. The Balaban J connectivity index is 2.27. The molecule has 2 aromatic carbocycles. The van der Waals surface area contributed by atoms with Crippen LogP contribution in [0, 0.1) is 0 Å². The molecule has 0 bridgehead atoms. The number of amides is 1. The summed E-state index contributed by atoms with van der Waals surface area (Å²) in [6.07, 6.45) is 8.30. The number of carbonyl (C=O) groups excluding carboxylic acids is 1. The van der Waals surface area contributed by atoms with Crippen LogP contribution in [-0.2, 0) is 17.6 Å². The summed E-state index contributed by atoms with van der Waals surface area (Å²) in [7, 11) is 0. The number of carbonyl (C=O) groups is 1. The number of ether oxygens (including phenoxy) is 1. The number of benzene rings is 2. The van der Waals surface area contributed by atoms with Crippen molar-refractivity contribution < 1.29 is 9.53 Å². The lowest BCUT2D eigenvalue weighted by atomic mass is 9.95. The van der Waals surface area contributed by atoms with Crippen LogP contribution in [0.1, 0.15) is 50.7 Å². The molecule has 0 spiro atoms. The Labute approximate surface area is 157 Å². The fourth-order valence-electron chi connectivity index (χ4n) is 3.29. The van der Waals surface area contributed by atoms with E-state index in [4.69, 9.17) is 4.74 Å². The van der Waals surface area contributed by atoms with Crippen LogP contribution in [0.4, 0.5) is 0 Å². The Morgan fingerprint density at radius 2 is 2.04 bits per heavy atom. The van der Waals surface area contributed by atoms with Crippen LogP contribution in [0.15, 0.2) is 43.0 Å². The third-order valence-corrected chi connectivity index (χ3v) is 4.57. The molecule has 2 rings (SSSR count). The van der Waals surface area contributed by atoms with Gasteiger partial charge in [0.2, 0.25) is 5.91 Å². The predicted molar refractivity (Wildman–Crippen MR) is 110 cm³/mol. The molecule has 140 valence electrons. The van der Waals surface area contributed by atoms with Crippen LogP contribution in [-0.4, -0.2) is 19.1 Å². The molecule has 0 aromatic heterocycles.